The van der Waals surface area contributed by atoms with E-state index in [9.17, 15) is 9.59 Å². The van der Waals surface area contributed by atoms with Gasteiger partial charge in [-0.05, 0) is 62.8 Å². The number of hydrogen-bond donors (Lipinski definition) is 0. The molecule has 0 bridgehead atoms. The summed E-state index contributed by atoms with van der Waals surface area (Å²) in [5.74, 6) is 0.803. The van der Waals surface area contributed by atoms with Crippen LogP contribution in [0.2, 0.25) is 0 Å². The normalized spacial score (nSPS) is 23.8. The Morgan fingerprint density at radius 3 is 2.21 bits per heavy atom. The molecule has 2 fully saturated rings. The summed E-state index contributed by atoms with van der Waals surface area (Å²) in [5.41, 5.74) is 3.02. The van der Waals surface area contributed by atoms with Crippen molar-refractivity contribution >= 4 is 23.2 Å². The number of rotatable bonds is 4. The number of carbonyl (C=O) groups excluding carboxylic acids is 2. The molecule has 2 aliphatic carbocycles. The van der Waals surface area contributed by atoms with Crippen molar-refractivity contribution in [2.45, 2.75) is 51.1 Å². The molecule has 3 aliphatic rings. The molecule has 4 heteroatoms. The van der Waals surface area contributed by atoms with Crippen LogP contribution in [0.25, 0.3) is 0 Å². The fourth-order valence-corrected chi connectivity index (χ4v) is 4.47. The van der Waals surface area contributed by atoms with E-state index < -0.39 is 0 Å². The van der Waals surface area contributed by atoms with E-state index in [1.54, 1.807) is 0 Å². The van der Waals surface area contributed by atoms with Crippen LogP contribution in [0.4, 0.5) is 11.4 Å². The quantitative estimate of drug-likeness (QED) is 0.778. The molecule has 5 rings (SSSR count). The Kier molecular flexibility index (Phi) is 4.22. The molecule has 2 aromatic rings. The van der Waals surface area contributed by atoms with Crippen LogP contribution in [0, 0.1) is 11.8 Å². The largest absolute Gasteiger partial charge is 0.309 e. The lowest BCUT2D eigenvalue weighted by Crippen LogP contribution is -2.48. The Morgan fingerprint density at radius 1 is 0.893 bits per heavy atom. The SMILES string of the molecule is C[C@H]1C[C@@H](N(C(=O)C2CC2)c2ccccc2)c2ccccc2N1C(=O)C1CC1. The van der Waals surface area contributed by atoms with E-state index in [4.69, 9.17) is 0 Å². The molecule has 2 aromatic carbocycles. The van der Waals surface area contributed by atoms with E-state index in [2.05, 4.69) is 13.0 Å². The highest BCUT2D eigenvalue weighted by Crippen LogP contribution is 2.46. The zero-order valence-corrected chi connectivity index (χ0v) is 16.3. The van der Waals surface area contributed by atoms with Gasteiger partial charge in [0.2, 0.25) is 11.8 Å². The fraction of sp³-hybridized carbons (Fsp3) is 0.417. The molecule has 0 aromatic heterocycles. The van der Waals surface area contributed by atoms with Crippen molar-refractivity contribution in [3.8, 4) is 0 Å². The van der Waals surface area contributed by atoms with Crippen molar-refractivity contribution < 1.29 is 9.59 Å². The van der Waals surface area contributed by atoms with Gasteiger partial charge in [-0.25, -0.2) is 0 Å². The lowest BCUT2D eigenvalue weighted by atomic mass is 9.89. The van der Waals surface area contributed by atoms with Gasteiger partial charge in [0.25, 0.3) is 0 Å². The minimum atomic E-state index is -0.0371. The lowest BCUT2D eigenvalue weighted by molar-refractivity contribution is -0.120. The van der Waals surface area contributed by atoms with Gasteiger partial charge in [-0.15, -0.1) is 0 Å². The summed E-state index contributed by atoms with van der Waals surface area (Å²) in [6, 6.07) is 18.2. The second-order valence-corrected chi connectivity index (χ2v) is 8.46. The summed E-state index contributed by atoms with van der Waals surface area (Å²) in [6.07, 6.45) is 4.74. The van der Waals surface area contributed by atoms with Gasteiger partial charge in [-0.3, -0.25) is 9.59 Å². The van der Waals surface area contributed by atoms with Gasteiger partial charge in [0.05, 0.1) is 6.04 Å². The van der Waals surface area contributed by atoms with Gasteiger partial charge in [0.1, 0.15) is 0 Å². The highest BCUT2D eigenvalue weighted by Gasteiger charge is 2.44. The number of nitrogens with zero attached hydrogens (tertiary/aromatic N) is 2. The van der Waals surface area contributed by atoms with E-state index in [1.165, 1.54) is 0 Å². The number of para-hydroxylation sites is 2. The summed E-state index contributed by atoms with van der Waals surface area (Å²) in [5, 5.41) is 0. The number of anilines is 2. The van der Waals surface area contributed by atoms with E-state index in [0.717, 1.165) is 49.0 Å². The van der Waals surface area contributed by atoms with E-state index in [1.807, 2.05) is 58.3 Å². The van der Waals surface area contributed by atoms with Gasteiger partial charge < -0.3 is 9.80 Å². The van der Waals surface area contributed by atoms with Crippen LogP contribution < -0.4 is 9.80 Å². The van der Waals surface area contributed by atoms with Gasteiger partial charge in [0, 0.05) is 29.3 Å². The van der Waals surface area contributed by atoms with Crippen LogP contribution in [-0.4, -0.2) is 17.9 Å². The Balaban J connectivity index is 1.58. The van der Waals surface area contributed by atoms with Gasteiger partial charge in [0.15, 0.2) is 0 Å². The van der Waals surface area contributed by atoms with E-state index >= 15 is 0 Å². The molecule has 0 N–H and O–H groups in total. The molecule has 2 atom stereocenters. The molecule has 1 aliphatic heterocycles. The van der Waals surface area contributed by atoms with Crippen molar-refractivity contribution in [1.82, 2.24) is 0 Å². The topological polar surface area (TPSA) is 40.6 Å². The number of fused-ring (bicyclic) bond motifs is 1. The van der Waals surface area contributed by atoms with Crippen molar-refractivity contribution in [2.24, 2.45) is 11.8 Å². The summed E-state index contributed by atoms with van der Waals surface area (Å²) >= 11 is 0. The standard InChI is InChI=1S/C24H26N2O2/c1-16-15-22(26(24(28)18-13-14-18)19-7-3-2-4-8-19)20-9-5-6-10-21(20)25(16)23(27)17-11-12-17/h2-10,16-18,22H,11-15H2,1H3/t16-,22+/m0/s1. The van der Waals surface area contributed by atoms with Crippen LogP contribution in [-0.2, 0) is 9.59 Å². The number of hydrogen-bond acceptors (Lipinski definition) is 2. The Hall–Kier alpha value is -2.62. The predicted octanol–water partition coefficient (Wildman–Crippen LogP) is 4.71. The van der Waals surface area contributed by atoms with E-state index in [-0.39, 0.29) is 35.7 Å². The molecule has 4 nitrogen and oxygen atoms in total. The molecule has 1 heterocycles. The third-order valence-corrected chi connectivity index (χ3v) is 6.23. The smallest absolute Gasteiger partial charge is 0.230 e. The lowest BCUT2D eigenvalue weighted by Gasteiger charge is -2.43. The highest BCUT2D eigenvalue weighted by molar-refractivity contribution is 6.00. The zero-order chi connectivity index (χ0) is 19.3. The average Bonchev–Trinajstić information content (AvgIpc) is 3.61. The van der Waals surface area contributed by atoms with Crippen LogP contribution in [0.15, 0.2) is 54.6 Å². The molecule has 28 heavy (non-hydrogen) atoms. The number of amides is 2. The first-order valence-corrected chi connectivity index (χ1v) is 10.4. The van der Waals surface area contributed by atoms with Crippen LogP contribution >= 0.6 is 0 Å². The van der Waals surface area contributed by atoms with E-state index in [0.29, 0.717) is 0 Å². The first-order valence-electron chi connectivity index (χ1n) is 10.4. The minimum Gasteiger partial charge on any atom is -0.309 e. The molecule has 0 saturated heterocycles. The minimum absolute atomic E-state index is 0.0371. The van der Waals surface area contributed by atoms with Crippen molar-refractivity contribution in [3.05, 3.63) is 60.2 Å². The average molecular weight is 374 g/mol. The van der Waals surface area contributed by atoms with Crippen LogP contribution in [0.5, 0.6) is 0 Å². The third kappa shape index (κ3) is 3.01. The maximum Gasteiger partial charge on any atom is 0.230 e. The van der Waals surface area contributed by atoms with Gasteiger partial charge in [-0.2, -0.15) is 0 Å². The maximum absolute atomic E-state index is 13.3. The summed E-state index contributed by atoms with van der Waals surface area (Å²) < 4.78 is 0. The van der Waals surface area contributed by atoms with Crippen molar-refractivity contribution in [2.75, 3.05) is 9.80 Å². The maximum atomic E-state index is 13.3. The molecular weight excluding hydrogens is 348 g/mol. The van der Waals surface area contributed by atoms with Crippen LogP contribution in [0.1, 0.15) is 50.6 Å². The highest BCUT2D eigenvalue weighted by atomic mass is 16.2. The molecule has 144 valence electrons. The first kappa shape index (κ1) is 17.5. The van der Waals surface area contributed by atoms with Gasteiger partial charge in [-0.1, -0.05) is 36.4 Å². The summed E-state index contributed by atoms with van der Waals surface area (Å²) in [7, 11) is 0. The van der Waals surface area contributed by atoms with Crippen LogP contribution in [0.3, 0.4) is 0 Å². The molecule has 2 amide bonds. The zero-order valence-electron chi connectivity index (χ0n) is 16.3. The fourth-order valence-electron chi connectivity index (χ4n) is 4.47. The Labute approximate surface area is 166 Å². The Bertz CT molecular complexity index is 902. The van der Waals surface area contributed by atoms with Gasteiger partial charge >= 0.3 is 0 Å². The molecule has 0 radical (unpaired) electrons. The molecule has 0 spiro atoms. The van der Waals surface area contributed by atoms with Crippen molar-refractivity contribution in [1.29, 1.82) is 0 Å². The second-order valence-electron chi connectivity index (χ2n) is 8.46. The monoisotopic (exact) mass is 374 g/mol. The third-order valence-electron chi connectivity index (χ3n) is 6.23. The number of benzene rings is 2. The number of carbonyl (C=O) groups is 2. The molecular formula is C24H26N2O2. The van der Waals surface area contributed by atoms with Crippen molar-refractivity contribution in [3.63, 3.8) is 0 Å². The molecule has 0 unspecified atom stereocenters. The summed E-state index contributed by atoms with van der Waals surface area (Å²) in [4.78, 5) is 30.3. The predicted molar refractivity (Wildman–Crippen MR) is 110 cm³/mol. The second kappa shape index (κ2) is 6.77. The molecule has 2 saturated carbocycles. The summed E-state index contributed by atoms with van der Waals surface area (Å²) in [6.45, 7) is 2.12. The first-order chi connectivity index (χ1) is 13.6. The Morgan fingerprint density at radius 2 is 1.54 bits per heavy atom.